The van der Waals surface area contributed by atoms with Crippen molar-refractivity contribution < 1.29 is 28.8 Å². The average Bonchev–Trinajstić information content (AvgIpc) is 2.67. The number of hydrogen-bond acceptors (Lipinski definition) is 3. The van der Waals surface area contributed by atoms with Crippen LogP contribution in [0.5, 0.6) is 0 Å². The van der Waals surface area contributed by atoms with Crippen LogP contribution in [0.25, 0.3) is 21.9 Å². The van der Waals surface area contributed by atoms with Crippen LogP contribution in [0.4, 0.5) is 0 Å². The Hall–Kier alpha value is -2.22. The van der Waals surface area contributed by atoms with Crippen LogP contribution in [-0.4, -0.2) is 28.5 Å². The van der Waals surface area contributed by atoms with E-state index in [4.69, 9.17) is 17.1 Å². The van der Waals surface area contributed by atoms with E-state index in [1.807, 2.05) is 19.1 Å². The Bertz CT molecular complexity index is 891. The van der Waals surface area contributed by atoms with Gasteiger partial charge in [0.25, 0.3) is 5.97 Å². The molecule has 3 rings (SSSR count). The van der Waals surface area contributed by atoms with Crippen LogP contribution in [0, 0.1) is 25.8 Å². The number of pyridine rings is 1. The normalized spacial score (nSPS) is 12.1. The predicted octanol–water partition coefficient (Wildman–Crippen LogP) is 1.18. The molecule has 1 aromatic carbocycles. The van der Waals surface area contributed by atoms with Gasteiger partial charge >= 0.3 is 18.9 Å². The van der Waals surface area contributed by atoms with Gasteiger partial charge in [0.15, 0.2) is 0 Å². The van der Waals surface area contributed by atoms with Gasteiger partial charge in [0.05, 0.1) is 5.52 Å². The summed E-state index contributed by atoms with van der Waals surface area (Å²) in [6, 6.07) is 3.95. The molecule has 1 heterocycles. The molecule has 2 N–H and O–H groups in total. The molecule has 27 heavy (non-hydrogen) atoms. The fourth-order valence-corrected chi connectivity index (χ4v) is 3.24. The summed E-state index contributed by atoms with van der Waals surface area (Å²) in [7, 11) is 0. The van der Waals surface area contributed by atoms with E-state index in [1.165, 1.54) is 11.8 Å². The van der Waals surface area contributed by atoms with Gasteiger partial charge in [-0.25, -0.2) is 6.58 Å². The van der Waals surface area contributed by atoms with Crippen LogP contribution < -0.4 is 18.9 Å². The van der Waals surface area contributed by atoms with Crippen molar-refractivity contribution in [1.82, 2.24) is 4.98 Å². The number of carboxylic acid groups (broad SMARTS) is 1. The molecule has 0 amide bonds. The molecule has 6 heteroatoms. The molecule has 5 nitrogen and oxygen atoms in total. The van der Waals surface area contributed by atoms with Gasteiger partial charge in [0.1, 0.15) is 0 Å². The second-order valence-electron chi connectivity index (χ2n) is 6.19. The summed E-state index contributed by atoms with van der Waals surface area (Å²) >= 11 is 0. The molecule has 0 bridgehead atoms. The van der Waals surface area contributed by atoms with Crippen molar-refractivity contribution in [2.45, 2.75) is 39.0 Å². The molecule has 0 unspecified atom stereocenters. The Labute approximate surface area is 172 Å². The van der Waals surface area contributed by atoms with Crippen molar-refractivity contribution in [2.75, 3.05) is 0 Å². The summed E-state index contributed by atoms with van der Waals surface area (Å²) in [6.07, 6.45) is 6.46. The molecule has 0 spiro atoms. The van der Waals surface area contributed by atoms with Crippen LogP contribution >= 0.6 is 0 Å². The maximum Gasteiger partial charge on any atom is 1.00 e. The van der Waals surface area contributed by atoms with Gasteiger partial charge in [0.2, 0.25) is 0 Å². The van der Waals surface area contributed by atoms with E-state index in [1.54, 1.807) is 0 Å². The zero-order valence-electron chi connectivity index (χ0n) is 15.9. The number of nitrogens with zero attached hydrogens (tertiary/aromatic N) is 2. The quantitative estimate of drug-likeness (QED) is 0.490. The SMILES string of the molecule is [CH-]=C(C=[N-])c1nc2ccc(C)c(C=N)c2c2c1CCCC2.[CH2-]CC(=O)O.[Li+]. The molecule has 0 atom stereocenters. The number of nitrogens with one attached hydrogen (secondary N) is 1. The van der Waals surface area contributed by atoms with E-state index in [9.17, 15) is 10.2 Å². The minimum Gasteiger partial charge on any atom is -0.879 e. The van der Waals surface area contributed by atoms with E-state index in [0.29, 0.717) is 11.3 Å². The summed E-state index contributed by atoms with van der Waals surface area (Å²) in [6.45, 7) is 11.0. The topological polar surface area (TPSA) is 96.3 Å². The standard InChI is InChI=1S/C18H17N3.C3H5O2.Li/c1-11-7-8-16-17(15(11)10-20)13-5-3-4-6-14(13)18(21-16)12(2)9-19;1-2-3(4)5;/h2,7-10,20H,3-6H2,1H3;1-2H2,(H,4,5);/q-2;-1;+1. The van der Waals surface area contributed by atoms with Crippen molar-refractivity contribution in [1.29, 1.82) is 5.41 Å². The maximum absolute atomic E-state index is 9.31. The molecule has 1 aromatic heterocycles. The fraction of sp³-hybridized carbons (Fsp3) is 0.286. The average molecular weight is 355 g/mol. The number of aliphatic carboxylic acids is 1. The number of fused-ring (bicyclic) bond motifs is 3. The largest absolute Gasteiger partial charge is 1.00 e. The van der Waals surface area contributed by atoms with E-state index in [2.05, 4.69) is 11.9 Å². The predicted molar refractivity (Wildman–Crippen MR) is 106 cm³/mol. The Kier molecular flexibility index (Phi) is 8.62. The van der Waals surface area contributed by atoms with Gasteiger partial charge in [-0.15, -0.1) is 0 Å². The Morgan fingerprint density at radius 2 is 1.96 bits per heavy atom. The van der Waals surface area contributed by atoms with Gasteiger partial charge in [-0.05, 0) is 55.5 Å². The van der Waals surface area contributed by atoms with Crippen LogP contribution in [0.1, 0.15) is 47.2 Å². The second kappa shape index (κ2) is 10.2. The number of allylic oxidation sites excluding steroid dienone is 1. The molecule has 1 aliphatic carbocycles. The third kappa shape index (κ3) is 4.94. The molecule has 0 aliphatic heterocycles. The first-order valence-corrected chi connectivity index (χ1v) is 8.51. The summed E-state index contributed by atoms with van der Waals surface area (Å²) in [4.78, 5) is 14.0. The number of benzene rings is 1. The molecule has 0 saturated heterocycles. The number of hydrogen-bond donors (Lipinski definition) is 2. The van der Waals surface area contributed by atoms with Crippen molar-refractivity contribution >= 4 is 34.9 Å². The Morgan fingerprint density at radius 3 is 2.48 bits per heavy atom. The molecular formula is C21H22LiN3O2-2. The Morgan fingerprint density at radius 1 is 1.37 bits per heavy atom. The Balaban J connectivity index is 0.000000542. The smallest absolute Gasteiger partial charge is 0.879 e. The number of aryl methyl sites for hydroxylation is 2. The number of carbonyl (C=O) groups is 1. The van der Waals surface area contributed by atoms with Crippen LogP contribution in [0.15, 0.2) is 12.1 Å². The number of rotatable bonds is 4. The maximum atomic E-state index is 9.31. The van der Waals surface area contributed by atoms with Crippen LogP contribution in [0.3, 0.4) is 0 Å². The van der Waals surface area contributed by atoms with Crippen molar-refractivity contribution in [3.05, 3.63) is 59.0 Å². The summed E-state index contributed by atoms with van der Waals surface area (Å²) < 4.78 is 0. The van der Waals surface area contributed by atoms with Gasteiger partial charge in [-0.3, -0.25) is 4.79 Å². The van der Waals surface area contributed by atoms with Gasteiger partial charge in [0, 0.05) is 17.2 Å². The monoisotopic (exact) mass is 355 g/mol. The number of carboxylic acids is 1. The summed E-state index contributed by atoms with van der Waals surface area (Å²) in [5.41, 5.74) is 6.26. The van der Waals surface area contributed by atoms with Gasteiger partial charge in [-0.2, -0.15) is 5.57 Å². The first kappa shape index (κ1) is 22.8. The first-order chi connectivity index (χ1) is 12.4. The van der Waals surface area contributed by atoms with Gasteiger partial charge < -0.3 is 34.0 Å². The molecule has 136 valence electrons. The van der Waals surface area contributed by atoms with E-state index >= 15 is 0 Å². The summed E-state index contributed by atoms with van der Waals surface area (Å²) in [5, 5.41) is 25.7. The minimum absolute atomic E-state index is 0. The molecule has 2 aromatic rings. The fourth-order valence-electron chi connectivity index (χ4n) is 3.24. The molecular weight excluding hydrogens is 333 g/mol. The van der Waals surface area contributed by atoms with Crippen LogP contribution in [-0.2, 0) is 17.6 Å². The molecule has 0 saturated carbocycles. The third-order valence-electron chi connectivity index (χ3n) is 4.50. The molecule has 0 fully saturated rings. The minimum atomic E-state index is -0.856. The second-order valence-corrected chi connectivity index (χ2v) is 6.19. The summed E-state index contributed by atoms with van der Waals surface area (Å²) in [5.74, 6) is -0.856. The zero-order valence-corrected chi connectivity index (χ0v) is 15.9. The van der Waals surface area contributed by atoms with Crippen molar-refractivity contribution in [3.8, 4) is 0 Å². The number of aromatic nitrogens is 1. The molecule has 0 radical (unpaired) electrons. The third-order valence-corrected chi connectivity index (χ3v) is 4.50. The van der Waals surface area contributed by atoms with E-state index in [-0.39, 0.29) is 25.3 Å². The first-order valence-electron chi connectivity index (χ1n) is 8.51. The van der Waals surface area contributed by atoms with E-state index < -0.39 is 5.97 Å². The van der Waals surface area contributed by atoms with Crippen molar-refractivity contribution in [2.24, 2.45) is 0 Å². The molecule has 1 aliphatic rings. The van der Waals surface area contributed by atoms with Gasteiger partial charge in [-0.1, -0.05) is 18.1 Å². The van der Waals surface area contributed by atoms with Crippen LogP contribution in [0.2, 0.25) is 0 Å². The van der Waals surface area contributed by atoms with Crippen molar-refractivity contribution in [3.63, 3.8) is 0 Å². The zero-order chi connectivity index (χ0) is 19.3. The van der Waals surface area contributed by atoms with E-state index in [0.717, 1.165) is 59.5 Å².